The molecule has 29 heavy (non-hydrogen) atoms. The van der Waals surface area contributed by atoms with Crippen LogP contribution in [0.25, 0.3) is 10.2 Å². The molecule has 3 aromatic rings. The van der Waals surface area contributed by atoms with Crippen LogP contribution in [-0.2, 0) is 0 Å². The minimum absolute atomic E-state index is 0.396. The van der Waals surface area contributed by atoms with Gasteiger partial charge in [0, 0.05) is 6.42 Å². The topological polar surface area (TPSA) is 64.2 Å². The van der Waals surface area contributed by atoms with E-state index in [1.807, 2.05) is 11.3 Å². The van der Waals surface area contributed by atoms with Crippen molar-refractivity contribution >= 4 is 26.7 Å². The van der Waals surface area contributed by atoms with Crippen molar-refractivity contribution in [3.05, 3.63) is 30.1 Å². The van der Waals surface area contributed by atoms with Crippen molar-refractivity contribution < 1.29 is 4.90 Å². The number of hydrogen-bond acceptors (Lipinski definition) is 6. The summed E-state index contributed by atoms with van der Waals surface area (Å²) in [6.07, 6.45) is 7.35. The number of tetrazole rings is 1. The van der Waals surface area contributed by atoms with Gasteiger partial charge in [-0.3, -0.25) is 0 Å². The van der Waals surface area contributed by atoms with Gasteiger partial charge in [0.25, 0.3) is 0 Å². The summed E-state index contributed by atoms with van der Waals surface area (Å²) >= 11 is 1.81. The summed E-state index contributed by atoms with van der Waals surface area (Å²) in [5.74, 6) is 1.11. The van der Waals surface area contributed by atoms with Gasteiger partial charge in [0.05, 0.1) is 42.4 Å². The van der Waals surface area contributed by atoms with Crippen molar-refractivity contribution in [3.8, 4) is 0 Å². The van der Waals surface area contributed by atoms with E-state index in [9.17, 15) is 0 Å². The first kappa shape index (κ1) is 18.9. The Balaban J connectivity index is 1.31. The first-order valence-corrected chi connectivity index (χ1v) is 11.9. The number of aromatic nitrogens is 5. The largest absolute Gasteiger partial charge is 0.337 e. The summed E-state index contributed by atoms with van der Waals surface area (Å²) in [7, 11) is 0. The molecule has 7 nitrogen and oxygen atoms in total. The lowest BCUT2D eigenvalue weighted by molar-refractivity contribution is -0.933. The lowest BCUT2D eigenvalue weighted by Gasteiger charge is -2.36. The lowest BCUT2D eigenvalue weighted by Crippen LogP contribution is -3.15. The Morgan fingerprint density at radius 3 is 2.72 bits per heavy atom. The third kappa shape index (κ3) is 3.75. The third-order valence-corrected chi connectivity index (χ3v) is 7.63. The smallest absolute Gasteiger partial charge is 0.209 e. The van der Waals surface area contributed by atoms with E-state index >= 15 is 0 Å². The number of benzene rings is 1. The molecule has 0 unspecified atom stereocenters. The quantitative estimate of drug-likeness (QED) is 0.674. The lowest BCUT2D eigenvalue weighted by atomic mass is 10.1. The number of thiazole rings is 1. The zero-order valence-electron chi connectivity index (χ0n) is 17.1. The van der Waals surface area contributed by atoms with Crippen molar-refractivity contribution in [1.82, 2.24) is 25.2 Å². The molecule has 2 aromatic heterocycles. The highest BCUT2D eigenvalue weighted by atomic mass is 32.1. The molecule has 3 heterocycles. The minimum atomic E-state index is 0.396. The van der Waals surface area contributed by atoms with E-state index in [4.69, 9.17) is 4.98 Å². The highest BCUT2D eigenvalue weighted by Gasteiger charge is 2.34. The van der Waals surface area contributed by atoms with Crippen LogP contribution in [0, 0.1) is 0 Å². The zero-order valence-corrected chi connectivity index (χ0v) is 17.9. The van der Waals surface area contributed by atoms with Gasteiger partial charge in [-0.15, -0.1) is 5.10 Å². The van der Waals surface area contributed by atoms with Crippen LogP contribution in [0.5, 0.6) is 0 Å². The zero-order chi connectivity index (χ0) is 19.6. The molecule has 1 atom stereocenters. The summed E-state index contributed by atoms with van der Waals surface area (Å²) in [6, 6.07) is 9.33. The first-order valence-electron chi connectivity index (χ1n) is 11.1. The Morgan fingerprint density at radius 1 is 1.17 bits per heavy atom. The second kappa shape index (κ2) is 8.36. The molecule has 0 amide bonds. The van der Waals surface area contributed by atoms with Crippen LogP contribution in [0.15, 0.2) is 24.3 Å². The Bertz CT molecular complexity index is 904. The third-order valence-electron chi connectivity index (χ3n) is 6.53. The maximum Gasteiger partial charge on any atom is 0.209 e. The van der Waals surface area contributed by atoms with Crippen molar-refractivity contribution in [1.29, 1.82) is 0 Å². The van der Waals surface area contributed by atoms with E-state index in [1.165, 1.54) is 30.4 Å². The predicted molar refractivity (Wildman–Crippen MR) is 116 cm³/mol. The summed E-state index contributed by atoms with van der Waals surface area (Å²) in [4.78, 5) is 8.94. The number of rotatable bonds is 6. The van der Waals surface area contributed by atoms with Crippen molar-refractivity contribution in [3.63, 3.8) is 0 Å². The Hall–Kier alpha value is -2.06. The number of anilines is 1. The fourth-order valence-corrected chi connectivity index (χ4v) is 5.99. The maximum absolute atomic E-state index is 4.86. The molecule has 0 bridgehead atoms. The molecule has 154 valence electrons. The predicted octanol–water partition coefficient (Wildman–Crippen LogP) is 2.64. The molecule has 1 saturated heterocycles. The molecule has 1 aliphatic heterocycles. The molecule has 2 fully saturated rings. The fraction of sp³-hybridized carbons (Fsp3) is 0.619. The molecule has 2 aliphatic rings. The summed E-state index contributed by atoms with van der Waals surface area (Å²) in [6.45, 7) is 6.57. The Labute approximate surface area is 175 Å². The van der Waals surface area contributed by atoms with Gasteiger partial charge in [0.2, 0.25) is 5.82 Å². The number of piperazine rings is 1. The van der Waals surface area contributed by atoms with Crippen molar-refractivity contribution in [2.45, 2.75) is 57.5 Å². The van der Waals surface area contributed by atoms with E-state index in [1.54, 1.807) is 4.90 Å². The number of nitrogens with zero attached hydrogens (tertiary/aromatic N) is 6. The Kier molecular flexibility index (Phi) is 5.46. The molecule has 1 aromatic carbocycles. The molecular formula is C21H30N7S+. The Morgan fingerprint density at radius 2 is 1.97 bits per heavy atom. The molecule has 5 rings (SSSR count). The van der Waals surface area contributed by atoms with Gasteiger partial charge in [-0.05, 0) is 35.4 Å². The van der Waals surface area contributed by atoms with Crippen LogP contribution in [0.4, 0.5) is 5.13 Å². The van der Waals surface area contributed by atoms with Gasteiger partial charge in [-0.2, -0.15) is 0 Å². The first-order chi connectivity index (χ1) is 14.3. The van der Waals surface area contributed by atoms with Crippen LogP contribution >= 0.6 is 11.3 Å². The van der Waals surface area contributed by atoms with Crippen molar-refractivity contribution in [2.24, 2.45) is 0 Å². The number of quaternary nitrogens is 1. The van der Waals surface area contributed by atoms with E-state index in [0.29, 0.717) is 12.1 Å². The normalized spacial score (nSPS) is 20.0. The summed E-state index contributed by atoms with van der Waals surface area (Å²) in [5.41, 5.74) is 1.11. The van der Waals surface area contributed by atoms with Gasteiger partial charge >= 0.3 is 0 Å². The van der Waals surface area contributed by atoms with Gasteiger partial charge in [0.1, 0.15) is 6.04 Å². The minimum Gasteiger partial charge on any atom is -0.337 e. The van der Waals surface area contributed by atoms with E-state index < -0.39 is 0 Å². The number of fused-ring (bicyclic) bond motifs is 1. The molecule has 8 heteroatoms. The van der Waals surface area contributed by atoms with Crippen LogP contribution < -0.4 is 9.80 Å². The molecule has 1 saturated carbocycles. The highest BCUT2D eigenvalue weighted by molar-refractivity contribution is 7.22. The SMILES string of the molecule is CCC[C@@H](c1nnnn1C1CCCC1)[NH+]1CCN(c2nc3ccccc3s2)CC1. The van der Waals surface area contributed by atoms with Crippen LogP contribution in [0.1, 0.15) is 63.4 Å². The van der Waals surface area contributed by atoms with Gasteiger partial charge in [0.15, 0.2) is 5.13 Å². The molecule has 1 N–H and O–H groups in total. The van der Waals surface area contributed by atoms with Gasteiger partial charge < -0.3 is 9.80 Å². The van der Waals surface area contributed by atoms with Gasteiger partial charge in [-0.25, -0.2) is 9.67 Å². The second-order valence-electron chi connectivity index (χ2n) is 8.37. The monoisotopic (exact) mass is 412 g/mol. The van der Waals surface area contributed by atoms with Crippen molar-refractivity contribution in [2.75, 3.05) is 31.1 Å². The average Bonchev–Trinajstić information content (AvgIpc) is 3.52. The summed E-state index contributed by atoms with van der Waals surface area (Å²) < 4.78 is 3.44. The fourth-order valence-electron chi connectivity index (χ4n) is 4.97. The molecule has 1 aliphatic carbocycles. The second-order valence-corrected chi connectivity index (χ2v) is 9.38. The van der Waals surface area contributed by atoms with E-state index in [0.717, 1.165) is 55.5 Å². The molecular weight excluding hydrogens is 382 g/mol. The maximum atomic E-state index is 4.86. The van der Waals surface area contributed by atoms with Crippen LogP contribution in [-0.4, -0.2) is 51.4 Å². The van der Waals surface area contributed by atoms with Gasteiger partial charge in [-0.1, -0.05) is 49.7 Å². The average molecular weight is 413 g/mol. The number of nitrogens with one attached hydrogen (secondary N) is 1. The number of hydrogen-bond donors (Lipinski definition) is 1. The summed E-state index contributed by atoms with van der Waals surface area (Å²) in [5, 5.41) is 14.2. The van der Waals surface area contributed by atoms with E-state index in [2.05, 4.69) is 56.3 Å². The van der Waals surface area contributed by atoms with Crippen LogP contribution in [0.2, 0.25) is 0 Å². The highest BCUT2D eigenvalue weighted by Crippen LogP contribution is 2.31. The van der Waals surface area contributed by atoms with E-state index in [-0.39, 0.29) is 0 Å². The molecule has 0 spiro atoms. The standard InChI is InChI=1S/C21H29N7S/c1-2-7-18(20-23-24-25-28(20)16-8-3-4-9-16)26-12-14-27(15-13-26)21-22-17-10-5-6-11-19(17)29-21/h5-6,10-11,16,18H,2-4,7-9,12-15H2,1H3/p+1/t18-/m0/s1. The number of para-hydroxylation sites is 1. The van der Waals surface area contributed by atoms with Crippen LogP contribution in [0.3, 0.4) is 0 Å². The molecule has 0 radical (unpaired) electrons.